The molecule has 47 heavy (non-hydrogen) atoms. The molecule has 13 nitrogen and oxygen atoms in total. The van der Waals surface area contributed by atoms with Crippen molar-refractivity contribution < 1.29 is 54.3 Å². The Hall–Kier alpha value is -5.98. The minimum Gasteiger partial charge on any atom is -0.508 e. The summed E-state index contributed by atoms with van der Waals surface area (Å²) < 4.78 is 0. The largest absolute Gasteiger partial charge is 0.508 e. The van der Waals surface area contributed by atoms with E-state index < -0.39 is 93.7 Å². The third-order valence-corrected chi connectivity index (χ3v) is 9.86. The number of hydrogen-bond acceptors (Lipinski definition) is 9. The normalized spacial score (nSPS) is 26.5. The number of carboxylic acids is 2. The Kier molecular flexibility index (Phi) is 6.67. The number of para-hydroxylation sites is 1. The first-order chi connectivity index (χ1) is 22.4. The summed E-state index contributed by atoms with van der Waals surface area (Å²) >= 11 is 0. The Bertz CT molecular complexity index is 1980. The van der Waals surface area contributed by atoms with Gasteiger partial charge in [-0.05, 0) is 49.1 Å². The lowest BCUT2D eigenvalue weighted by Crippen LogP contribution is -2.43. The number of phenolic OH excluding ortho intramolecular Hbond substituents is 1. The van der Waals surface area contributed by atoms with E-state index in [9.17, 15) is 54.3 Å². The minimum absolute atomic E-state index is 0.00713. The molecular weight excluding hydrogens is 612 g/mol. The highest BCUT2D eigenvalue weighted by atomic mass is 16.4. The van der Waals surface area contributed by atoms with Crippen LogP contribution < -0.4 is 9.80 Å². The molecule has 2 aliphatic heterocycles. The third kappa shape index (κ3) is 4.30. The number of carbonyl (C=O) groups is 6. The Labute approximate surface area is 265 Å². The average Bonchev–Trinajstić information content (AvgIpc) is 3.43. The van der Waals surface area contributed by atoms with Gasteiger partial charge in [0.05, 0.1) is 35.0 Å². The molecule has 6 atom stereocenters. The van der Waals surface area contributed by atoms with E-state index in [4.69, 9.17) is 0 Å². The number of aromatic carboxylic acids is 2. The molecule has 13 heteroatoms. The monoisotopic (exact) mass is 638 g/mol. The number of aromatic hydroxyl groups is 3. The van der Waals surface area contributed by atoms with Crippen molar-refractivity contribution in [3.05, 3.63) is 89.0 Å². The van der Waals surface area contributed by atoms with E-state index in [1.54, 1.807) is 24.3 Å². The molecule has 2 heterocycles. The number of amides is 4. The van der Waals surface area contributed by atoms with Crippen molar-refractivity contribution in [2.45, 2.75) is 18.8 Å². The van der Waals surface area contributed by atoms with Gasteiger partial charge in [0.2, 0.25) is 23.6 Å². The first-order valence-corrected chi connectivity index (χ1v) is 14.8. The van der Waals surface area contributed by atoms with Crippen molar-refractivity contribution in [2.24, 2.45) is 29.6 Å². The lowest BCUT2D eigenvalue weighted by molar-refractivity contribution is -0.126. The summed E-state index contributed by atoms with van der Waals surface area (Å²) in [6.45, 7) is 0. The number of allylic oxidation sites excluding steroid dienone is 2. The number of fused-ring (bicyclic) bond motifs is 4. The van der Waals surface area contributed by atoms with Gasteiger partial charge in [0, 0.05) is 23.6 Å². The van der Waals surface area contributed by atoms with E-state index >= 15 is 0 Å². The molecule has 0 bridgehead atoms. The lowest BCUT2D eigenvalue weighted by Gasteiger charge is -2.44. The van der Waals surface area contributed by atoms with Gasteiger partial charge in [-0.15, -0.1) is 0 Å². The Balaban J connectivity index is 1.31. The zero-order chi connectivity index (χ0) is 33.5. The van der Waals surface area contributed by atoms with Crippen molar-refractivity contribution >= 4 is 46.9 Å². The van der Waals surface area contributed by atoms with Crippen LogP contribution in [0.3, 0.4) is 0 Å². The molecule has 3 fully saturated rings. The van der Waals surface area contributed by atoms with Crippen molar-refractivity contribution in [1.82, 2.24) is 0 Å². The van der Waals surface area contributed by atoms with Gasteiger partial charge in [0.15, 0.2) is 0 Å². The van der Waals surface area contributed by atoms with Crippen LogP contribution in [0, 0.1) is 29.6 Å². The molecule has 4 amide bonds. The average molecular weight is 639 g/mol. The highest BCUT2D eigenvalue weighted by Gasteiger charge is 2.62. The van der Waals surface area contributed by atoms with Gasteiger partial charge in [0.25, 0.3) is 0 Å². The van der Waals surface area contributed by atoms with Crippen LogP contribution in [0.5, 0.6) is 17.2 Å². The van der Waals surface area contributed by atoms with Crippen LogP contribution in [-0.4, -0.2) is 61.1 Å². The molecule has 3 aromatic carbocycles. The SMILES string of the molecule is O=C(O)c1ccc(N2C(=O)C3CC=C4C(CC5C(=O)N(c6ccc(C(=O)O)c(O)c6)C(=O)C5C4c4ccccc4O)C3C2=O)cc1O. The van der Waals surface area contributed by atoms with Gasteiger partial charge >= 0.3 is 11.9 Å². The van der Waals surface area contributed by atoms with Crippen LogP contribution in [0.2, 0.25) is 0 Å². The summed E-state index contributed by atoms with van der Waals surface area (Å²) in [6.07, 6.45) is 1.92. The number of anilines is 2. The van der Waals surface area contributed by atoms with Crippen LogP contribution in [0.1, 0.15) is 45.0 Å². The minimum atomic E-state index is -1.40. The van der Waals surface area contributed by atoms with Crippen LogP contribution in [0.15, 0.2) is 72.3 Å². The van der Waals surface area contributed by atoms with Crippen molar-refractivity contribution in [1.29, 1.82) is 0 Å². The molecule has 2 aliphatic carbocycles. The third-order valence-electron chi connectivity index (χ3n) is 9.86. The molecular formula is C34H26N2O11. The number of rotatable bonds is 5. The van der Waals surface area contributed by atoms with E-state index in [0.29, 0.717) is 11.1 Å². The number of phenols is 3. The molecule has 3 aromatic rings. The van der Waals surface area contributed by atoms with E-state index in [0.717, 1.165) is 34.1 Å². The summed E-state index contributed by atoms with van der Waals surface area (Å²) in [5.74, 6) is -11.9. The second-order valence-corrected chi connectivity index (χ2v) is 12.1. The quantitative estimate of drug-likeness (QED) is 0.202. The van der Waals surface area contributed by atoms with Crippen LogP contribution in [-0.2, 0) is 19.2 Å². The predicted molar refractivity (Wildman–Crippen MR) is 161 cm³/mol. The molecule has 2 saturated heterocycles. The first kappa shape index (κ1) is 29.7. The van der Waals surface area contributed by atoms with Crippen molar-refractivity contribution in [2.75, 3.05) is 9.80 Å². The van der Waals surface area contributed by atoms with Gasteiger partial charge in [0.1, 0.15) is 28.4 Å². The highest BCUT2D eigenvalue weighted by molar-refractivity contribution is 6.24. The molecule has 238 valence electrons. The Morgan fingerprint density at radius 1 is 0.617 bits per heavy atom. The van der Waals surface area contributed by atoms with Gasteiger partial charge in [-0.2, -0.15) is 0 Å². The van der Waals surface area contributed by atoms with E-state index in [1.165, 1.54) is 18.2 Å². The van der Waals surface area contributed by atoms with Crippen molar-refractivity contribution in [3.8, 4) is 17.2 Å². The molecule has 0 spiro atoms. The van der Waals surface area contributed by atoms with Gasteiger partial charge < -0.3 is 25.5 Å². The van der Waals surface area contributed by atoms with Crippen molar-refractivity contribution in [3.63, 3.8) is 0 Å². The summed E-state index contributed by atoms with van der Waals surface area (Å²) in [5.41, 5.74) is 0.107. The number of nitrogens with zero attached hydrogens (tertiary/aromatic N) is 2. The second-order valence-electron chi connectivity index (χ2n) is 12.1. The Morgan fingerprint density at radius 3 is 1.68 bits per heavy atom. The maximum absolute atomic E-state index is 14.1. The summed E-state index contributed by atoms with van der Waals surface area (Å²) in [6, 6.07) is 13.1. The van der Waals surface area contributed by atoms with Gasteiger partial charge in [-0.3, -0.25) is 19.2 Å². The van der Waals surface area contributed by atoms with Crippen LogP contribution >= 0.6 is 0 Å². The molecule has 4 aliphatic rings. The smallest absolute Gasteiger partial charge is 0.339 e. The molecule has 1 saturated carbocycles. The molecule has 0 radical (unpaired) electrons. The lowest BCUT2D eigenvalue weighted by atomic mass is 9.57. The first-order valence-electron chi connectivity index (χ1n) is 14.8. The zero-order valence-electron chi connectivity index (χ0n) is 24.3. The molecule has 7 rings (SSSR count). The molecule has 0 aromatic heterocycles. The summed E-state index contributed by atoms with van der Waals surface area (Å²) in [4.78, 5) is 80.6. The van der Waals surface area contributed by atoms with Crippen LogP contribution in [0.25, 0.3) is 0 Å². The number of carboxylic acid groups (broad SMARTS) is 2. The highest BCUT2D eigenvalue weighted by Crippen LogP contribution is 2.59. The topological polar surface area (TPSA) is 210 Å². The standard InChI is InChI=1S/C34H26N2O11/c37-23-4-2-1-3-17(23)26-16-9-10-20-27(31(42)35(29(20)40)14-5-7-18(33(44)45)24(38)11-14)21(16)13-22-28(26)32(43)36(30(22)41)15-6-8-19(34(46)47)25(39)12-15/h1-9,11-12,20-22,26-28,37-39H,10,13H2,(H,44,45)(H,46,47). The number of hydrogen-bond donors (Lipinski definition) is 5. The fourth-order valence-electron chi connectivity index (χ4n) is 7.88. The van der Waals surface area contributed by atoms with Crippen LogP contribution in [0.4, 0.5) is 11.4 Å². The summed E-state index contributed by atoms with van der Waals surface area (Å²) in [7, 11) is 0. The predicted octanol–water partition coefficient (Wildman–Crippen LogP) is 3.25. The molecule has 6 unspecified atom stereocenters. The fourth-order valence-corrected chi connectivity index (χ4v) is 7.88. The number of imide groups is 2. The maximum atomic E-state index is 14.1. The molecule has 5 N–H and O–H groups in total. The van der Waals surface area contributed by atoms with E-state index in [2.05, 4.69) is 0 Å². The van der Waals surface area contributed by atoms with Gasteiger partial charge in [-0.25, -0.2) is 19.4 Å². The summed E-state index contributed by atoms with van der Waals surface area (Å²) in [5, 5.41) is 50.2. The number of carbonyl (C=O) groups excluding carboxylic acids is 4. The Morgan fingerprint density at radius 2 is 1.15 bits per heavy atom. The second kappa shape index (κ2) is 10.5. The van der Waals surface area contributed by atoms with E-state index in [-0.39, 0.29) is 30.0 Å². The number of benzene rings is 3. The fraction of sp³-hybridized carbons (Fsp3) is 0.235. The van der Waals surface area contributed by atoms with E-state index in [1.807, 2.05) is 0 Å². The van der Waals surface area contributed by atoms with Gasteiger partial charge in [-0.1, -0.05) is 29.8 Å². The maximum Gasteiger partial charge on any atom is 0.339 e. The zero-order valence-corrected chi connectivity index (χ0v) is 24.3.